The summed E-state index contributed by atoms with van der Waals surface area (Å²) in [5.74, 6) is 1.52. The summed E-state index contributed by atoms with van der Waals surface area (Å²) in [6.45, 7) is 11.6. The Hall–Kier alpha value is -0.980. The molecule has 1 nitrogen and oxygen atoms in total. The zero-order chi connectivity index (χ0) is 32.1. The van der Waals surface area contributed by atoms with Crippen LogP contribution in [0.15, 0.2) is 12.1 Å². The van der Waals surface area contributed by atoms with Crippen LogP contribution in [-0.2, 0) is 0 Å². The number of aromatic hydroxyl groups is 1. The van der Waals surface area contributed by atoms with E-state index in [9.17, 15) is 5.11 Å². The fraction of sp³-hybridized carbons (Fsp3) is 0.860. The largest absolute Gasteiger partial charge is 0.508 e. The summed E-state index contributed by atoms with van der Waals surface area (Å²) in [5, 5.41) is 10.9. The fourth-order valence-electron chi connectivity index (χ4n) is 7.48. The Morgan fingerprint density at radius 2 is 0.682 bits per heavy atom. The molecule has 0 heterocycles. The van der Waals surface area contributed by atoms with Crippen LogP contribution in [0.4, 0.5) is 0 Å². The van der Waals surface area contributed by atoms with Crippen LogP contribution in [-0.4, -0.2) is 5.11 Å². The molecule has 0 radical (unpaired) electrons. The Balaban J connectivity index is 2.20. The highest BCUT2D eigenvalue weighted by Gasteiger charge is 2.21. The first-order chi connectivity index (χ1) is 21.5. The van der Waals surface area contributed by atoms with Crippen molar-refractivity contribution in [1.29, 1.82) is 0 Å². The molecule has 0 spiro atoms. The molecular formula is C43H80O. The molecule has 0 aliphatic rings. The predicted octanol–water partition coefficient (Wildman–Crippen LogP) is 15.7. The van der Waals surface area contributed by atoms with E-state index >= 15 is 0 Å². The lowest BCUT2D eigenvalue weighted by atomic mass is 9.81. The molecule has 2 atom stereocenters. The summed E-state index contributed by atoms with van der Waals surface area (Å²) in [6.07, 6.45) is 42.0. The first kappa shape index (κ1) is 41.0. The zero-order valence-corrected chi connectivity index (χ0v) is 31.0. The predicted molar refractivity (Wildman–Crippen MR) is 200 cm³/mol. The third kappa shape index (κ3) is 20.9. The third-order valence-corrected chi connectivity index (χ3v) is 10.4. The van der Waals surface area contributed by atoms with Crippen molar-refractivity contribution < 1.29 is 5.11 Å². The lowest BCUT2D eigenvalue weighted by Crippen LogP contribution is -2.07. The van der Waals surface area contributed by atoms with Crippen molar-refractivity contribution in [3.05, 3.63) is 28.8 Å². The molecule has 0 amide bonds. The van der Waals surface area contributed by atoms with Crippen LogP contribution in [0.25, 0.3) is 0 Å². The van der Waals surface area contributed by atoms with Crippen molar-refractivity contribution >= 4 is 0 Å². The Morgan fingerprint density at radius 3 is 1.00 bits per heavy atom. The Bertz CT molecular complexity index is 689. The van der Waals surface area contributed by atoms with Gasteiger partial charge >= 0.3 is 0 Å². The Morgan fingerprint density at radius 1 is 0.409 bits per heavy atom. The molecule has 258 valence electrons. The third-order valence-electron chi connectivity index (χ3n) is 10.4. The second-order valence-corrected chi connectivity index (χ2v) is 14.8. The van der Waals surface area contributed by atoms with Gasteiger partial charge < -0.3 is 5.11 Å². The summed E-state index contributed by atoms with van der Waals surface area (Å²) in [4.78, 5) is 0. The molecule has 1 N–H and O–H groups in total. The summed E-state index contributed by atoms with van der Waals surface area (Å²) in [6, 6.07) is 4.10. The van der Waals surface area contributed by atoms with E-state index in [0.29, 0.717) is 17.6 Å². The molecule has 1 aromatic carbocycles. The van der Waals surface area contributed by atoms with Crippen LogP contribution < -0.4 is 0 Å². The molecule has 0 fully saturated rings. The average molecular weight is 613 g/mol. The van der Waals surface area contributed by atoms with Gasteiger partial charge in [-0.15, -0.1) is 0 Å². The van der Waals surface area contributed by atoms with Crippen molar-refractivity contribution in [1.82, 2.24) is 0 Å². The van der Waals surface area contributed by atoms with Crippen molar-refractivity contribution in [2.75, 3.05) is 0 Å². The average Bonchev–Trinajstić information content (AvgIpc) is 3.02. The van der Waals surface area contributed by atoms with Gasteiger partial charge in [0.2, 0.25) is 0 Å². The van der Waals surface area contributed by atoms with Gasteiger partial charge in [-0.1, -0.05) is 214 Å². The summed E-state index contributed by atoms with van der Waals surface area (Å²) >= 11 is 0. The topological polar surface area (TPSA) is 20.2 Å². The van der Waals surface area contributed by atoms with Gasteiger partial charge in [0.15, 0.2) is 0 Å². The minimum Gasteiger partial charge on any atom is -0.508 e. The van der Waals surface area contributed by atoms with Gasteiger partial charge in [0.05, 0.1) is 0 Å². The second kappa shape index (κ2) is 29.4. The minimum atomic E-state index is 0.445. The van der Waals surface area contributed by atoms with Gasteiger partial charge in [-0.05, 0) is 48.8 Å². The number of hydrogen-bond donors (Lipinski definition) is 1. The van der Waals surface area contributed by atoms with Crippen LogP contribution in [0.5, 0.6) is 5.75 Å². The molecule has 0 bridgehead atoms. The molecule has 0 saturated heterocycles. The first-order valence-electron chi connectivity index (χ1n) is 20.3. The number of phenolic OH excluding ortho intramolecular Hbond substituents is 1. The first-order valence-corrected chi connectivity index (χ1v) is 20.3. The lowest BCUT2D eigenvalue weighted by molar-refractivity contribution is 0.451. The van der Waals surface area contributed by atoms with E-state index in [-0.39, 0.29) is 0 Å². The summed E-state index contributed by atoms with van der Waals surface area (Å²) in [7, 11) is 0. The lowest BCUT2D eigenvalue weighted by Gasteiger charge is -2.24. The van der Waals surface area contributed by atoms with E-state index in [1.54, 1.807) is 0 Å². The number of unbranched alkanes of at least 4 members (excludes halogenated alkanes) is 26. The minimum absolute atomic E-state index is 0.445. The number of rotatable bonds is 32. The van der Waals surface area contributed by atoms with Gasteiger partial charge in [0.1, 0.15) is 5.75 Å². The van der Waals surface area contributed by atoms with Crippen LogP contribution in [0.2, 0.25) is 0 Å². The van der Waals surface area contributed by atoms with E-state index < -0.39 is 0 Å². The van der Waals surface area contributed by atoms with Crippen LogP contribution >= 0.6 is 0 Å². The normalized spacial score (nSPS) is 13.0. The molecule has 1 rings (SSSR count). The highest BCUT2D eigenvalue weighted by atomic mass is 16.3. The number of phenols is 1. The molecule has 0 aromatic heterocycles. The van der Waals surface area contributed by atoms with E-state index in [2.05, 4.69) is 40.7 Å². The molecule has 44 heavy (non-hydrogen) atoms. The molecular weight excluding hydrogens is 532 g/mol. The van der Waals surface area contributed by atoms with Gasteiger partial charge in [-0.2, -0.15) is 0 Å². The maximum atomic E-state index is 10.9. The van der Waals surface area contributed by atoms with E-state index in [0.717, 1.165) is 0 Å². The fourth-order valence-corrected chi connectivity index (χ4v) is 7.48. The molecule has 0 aliphatic carbocycles. The van der Waals surface area contributed by atoms with E-state index in [1.807, 2.05) is 6.07 Å². The van der Waals surface area contributed by atoms with Gasteiger partial charge in [0, 0.05) is 5.56 Å². The Labute approximate surface area is 278 Å². The standard InChI is InChI=1S/C43H80O/c1-6-8-10-12-14-16-18-20-22-24-26-28-30-32-34-38(3)42-40(5)36-37-41(44)43(42)39(4)35-33-31-29-27-25-23-21-19-17-15-13-11-9-7-2/h36-39,44H,6-35H2,1-5H3. The monoisotopic (exact) mass is 613 g/mol. The van der Waals surface area contributed by atoms with Gasteiger partial charge in [-0.3, -0.25) is 0 Å². The highest BCUT2D eigenvalue weighted by molar-refractivity contribution is 5.47. The Kier molecular flexibility index (Phi) is 27.4. The number of hydrogen-bond acceptors (Lipinski definition) is 1. The van der Waals surface area contributed by atoms with E-state index in [1.165, 1.54) is 209 Å². The van der Waals surface area contributed by atoms with Crippen molar-refractivity contribution in [3.8, 4) is 5.75 Å². The molecule has 1 aromatic rings. The van der Waals surface area contributed by atoms with Crippen LogP contribution in [0, 0.1) is 6.92 Å². The van der Waals surface area contributed by atoms with Crippen molar-refractivity contribution in [2.24, 2.45) is 0 Å². The molecule has 0 saturated carbocycles. The van der Waals surface area contributed by atoms with E-state index in [4.69, 9.17) is 0 Å². The molecule has 0 aliphatic heterocycles. The maximum Gasteiger partial charge on any atom is 0.119 e. The number of benzene rings is 1. The van der Waals surface area contributed by atoms with Crippen molar-refractivity contribution in [3.63, 3.8) is 0 Å². The molecule has 2 unspecified atom stereocenters. The van der Waals surface area contributed by atoms with Gasteiger partial charge in [0.25, 0.3) is 0 Å². The smallest absolute Gasteiger partial charge is 0.119 e. The summed E-state index contributed by atoms with van der Waals surface area (Å²) < 4.78 is 0. The highest BCUT2D eigenvalue weighted by Crippen LogP contribution is 2.39. The molecule has 1 heteroatoms. The van der Waals surface area contributed by atoms with Crippen LogP contribution in [0.1, 0.15) is 249 Å². The second-order valence-electron chi connectivity index (χ2n) is 14.8. The van der Waals surface area contributed by atoms with Crippen molar-refractivity contribution in [2.45, 2.75) is 239 Å². The quantitative estimate of drug-likeness (QED) is 0.0802. The maximum absolute atomic E-state index is 10.9. The van der Waals surface area contributed by atoms with Gasteiger partial charge in [-0.25, -0.2) is 0 Å². The SMILES string of the molecule is CCCCCCCCCCCCCCCCC(C)c1c(C)ccc(O)c1C(C)CCCCCCCCCCCCCCCC. The van der Waals surface area contributed by atoms with Crippen LogP contribution in [0.3, 0.4) is 0 Å². The summed E-state index contributed by atoms with van der Waals surface area (Å²) in [5.41, 5.74) is 4.10. The number of aryl methyl sites for hydroxylation is 1. The zero-order valence-electron chi connectivity index (χ0n) is 31.0.